The number of aliphatic hydroxyl groups excluding tert-OH is 1. The molecule has 104 valence electrons. The van der Waals surface area contributed by atoms with Crippen LogP contribution in [0.5, 0.6) is 0 Å². The van der Waals surface area contributed by atoms with E-state index in [-0.39, 0.29) is 5.91 Å². The van der Waals surface area contributed by atoms with Crippen molar-refractivity contribution in [3.05, 3.63) is 23.9 Å². The van der Waals surface area contributed by atoms with Gasteiger partial charge in [0.15, 0.2) is 0 Å². The largest absolute Gasteiger partial charge is 0.389 e. The topological polar surface area (TPSA) is 56.7 Å². The summed E-state index contributed by atoms with van der Waals surface area (Å²) in [6.45, 7) is 6.99. The van der Waals surface area contributed by atoms with Gasteiger partial charge in [-0.15, -0.1) is 0 Å². The molecule has 1 aromatic heterocycles. The second-order valence-corrected chi connectivity index (χ2v) is 5.56. The minimum Gasteiger partial charge on any atom is -0.389 e. The number of piperazine rings is 1. The Labute approximate surface area is 113 Å². The number of likely N-dealkylation sites (N-methyl/N-ethyl adjacent to an activating group) is 1. The number of anilines is 1. The van der Waals surface area contributed by atoms with Gasteiger partial charge in [-0.25, -0.2) is 4.98 Å². The molecule has 1 amide bonds. The molecule has 5 nitrogen and oxygen atoms in total. The summed E-state index contributed by atoms with van der Waals surface area (Å²) >= 11 is 0. The summed E-state index contributed by atoms with van der Waals surface area (Å²) in [5.41, 5.74) is 0.189. The average Bonchev–Trinajstić information content (AvgIpc) is 2.36. The molecule has 5 heteroatoms. The van der Waals surface area contributed by atoms with Crippen molar-refractivity contribution in [1.82, 2.24) is 9.88 Å². The Balaban J connectivity index is 2.28. The summed E-state index contributed by atoms with van der Waals surface area (Å²) in [7, 11) is 1.82. The van der Waals surface area contributed by atoms with E-state index in [1.54, 1.807) is 18.0 Å². The van der Waals surface area contributed by atoms with Crippen molar-refractivity contribution in [1.29, 1.82) is 0 Å². The lowest BCUT2D eigenvalue weighted by Crippen LogP contribution is -2.62. The van der Waals surface area contributed by atoms with Gasteiger partial charge in [0.05, 0.1) is 6.10 Å². The third-order valence-corrected chi connectivity index (χ3v) is 3.73. The summed E-state index contributed by atoms with van der Waals surface area (Å²) in [6, 6.07) is 3.72. The first-order valence-corrected chi connectivity index (χ1v) is 6.51. The van der Waals surface area contributed by atoms with Crippen molar-refractivity contribution < 1.29 is 9.90 Å². The number of hydrogen-bond donors (Lipinski definition) is 1. The van der Waals surface area contributed by atoms with Crippen LogP contribution in [0.2, 0.25) is 0 Å². The highest BCUT2D eigenvalue weighted by molar-refractivity contribution is 5.90. The van der Waals surface area contributed by atoms with Crippen molar-refractivity contribution in [3.8, 4) is 0 Å². The molecule has 0 aliphatic carbocycles. The van der Waals surface area contributed by atoms with Crippen molar-refractivity contribution in [3.63, 3.8) is 0 Å². The molecular weight excluding hydrogens is 242 g/mol. The van der Waals surface area contributed by atoms with Crippen LogP contribution in [0.25, 0.3) is 0 Å². The molecule has 1 N–H and O–H groups in total. The van der Waals surface area contributed by atoms with E-state index >= 15 is 0 Å². The molecule has 1 aliphatic heterocycles. The zero-order valence-corrected chi connectivity index (χ0v) is 11.9. The van der Waals surface area contributed by atoms with Crippen molar-refractivity contribution in [2.75, 3.05) is 25.0 Å². The highest BCUT2D eigenvalue weighted by Crippen LogP contribution is 2.27. The average molecular weight is 263 g/mol. The molecule has 1 unspecified atom stereocenters. The summed E-state index contributed by atoms with van der Waals surface area (Å²) < 4.78 is 0. The van der Waals surface area contributed by atoms with Crippen LogP contribution in [0.15, 0.2) is 18.3 Å². The minimum atomic E-state index is -0.591. The number of pyridine rings is 1. The van der Waals surface area contributed by atoms with Gasteiger partial charge in [0.1, 0.15) is 11.4 Å². The molecule has 0 spiro atoms. The molecule has 1 atom stereocenters. The summed E-state index contributed by atoms with van der Waals surface area (Å²) in [5.74, 6) is 0.871. The van der Waals surface area contributed by atoms with Crippen LogP contribution in [0, 0.1) is 0 Å². The van der Waals surface area contributed by atoms with Gasteiger partial charge in [0, 0.05) is 26.3 Å². The fraction of sp³-hybridized carbons (Fsp3) is 0.571. The lowest BCUT2D eigenvalue weighted by atomic mass is 9.97. The zero-order chi connectivity index (χ0) is 14.2. The fourth-order valence-electron chi connectivity index (χ4n) is 2.42. The van der Waals surface area contributed by atoms with Crippen molar-refractivity contribution >= 4 is 11.7 Å². The quantitative estimate of drug-likeness (QED) is 0.871. The molecule has 1 aliphatic rings. The first-order chi connectivity index (χ1) is 8.84. The van der Waals surface area contributed by atoms with Crippen LogP contribution in [0.3, 0.4) is 0 Å². The Morgan fingerprint density at radius 2 is 2.05 bits per heavy atom. The predicted molar refractivity (Wildman–Crippen MR) is 73.9 cm³/mol. The van der Waals surface area contributed by atoms with E-state index in [4.69, 9.17) is 0 Å². The minimum absolute atomic E-state index is 0.0974. The molecule has 2 rings (SSSR count). The third kappa shape index (κ3) is 2.42. The Kier molecular flexibility index (Phi) is 3.49. The number of carbonyl (C=O) groups excluding carboxylic acids is 1. The van der Waals surface area contributed by atoms with E-state index in [0.29, 0.717) is 6.54 Å². The van der Waals surface area contributed by atoms with Gasteiger partial charge in [-0.05, 0) is 32.4 Å². The van der Waals surface area contributed by atoms with Crippen molar-refractivity contribution in [2.45, 2.75) is 32.4 Å². The monoisotopic (exact) mass is 263 g/mol. The first-order valence-electron chi connectivity index (χ1n) is 6.51. The summed E-state index contributed by atoms with van der Waals surface area (Å²) in [4.78, 5) is 20.4. The van der Waals surface area contributed by atoms with E-state index in [0.717, 1.165) is 17.9 Å². The smallest absolute Gasteiger partial charge is 0.247 e. The maximum absolute atomic E-state index is 12.2. The Bertz CT molecular complexity index is 468. The van der Waals surface area contributed by atoms with Gasteiger partial charge in [-0.3, -0.25) is 4.79 Å². The molecule has 1 saturated heterocycles. The van der Waals surface area contributed by atoms with Gasteiger partial charge >= 0.3 is 0 Å². The van der Waals surface area contributed by atoms with Crippen LogP contribution in [-0.4, -0.2) is 46.6 Å². The predicted octanol–water partition coefficient (Wildman–Crippen LogP) is 1.19. The number of amides is 1. The standard InChI is InChI=1S/C14H21N3O2/c1-10(18)11-5-6-12(15-9-11)17-8-7-16(4)13(19)14(17,2)3/h5-6,9-10,18H,7-8H2,1-4H3. The van der Waals surface area contributed by atoms with E-state index in [1.165, 1.54) is 0 Å². The highest BCUT2D eigenvalue weighted by atomic mass is 16.3. The van der Waals surface area contributed by atoms with Gasteiger partial charge in [0.2, 0.25) is 5.91 Å². The Hall–Kier alpha value is -1.62. The summed E-state index contributed by atoms with van der Waals surface area (Å²) in [5, 5.41) is 9.49. The molecule has 1 fully saturated rings. The van der Waals surface area contributed by atoms with Crippen LogP contribution in [0.4, 0.5) is 5.82 Å². The molecule has 0 bridgehead atoms. The van der Waals surface area contributed by atoms with E-state index < -0.39 is 11.6 Å². The van der Waals surface area contributed by atoms with E-state index in [2.05, 4.69) is 4.98 Å². The molecular formula is C14H21N3O2. The number of aromatic nitrogens is 1. The maximum Gasteiger partial charge on any atom is 0.247 e. The van der Waals surface area contributed by atoms with Gasteiger partial charge in [0.25, 0.3) is 0 Å². The van der Waals surface area contributed by atoms with E-state index in [1.807, 2.05) is 37.9 Å². The SMILES string of the molecule is CC(O)c1ccc(N2CCN(C)C(=O)C2(C)C)nc1. The maximum atomic E-state index is 12.2. The van der Waals surface area contributed by atoms with Gasteiger partial charge in [-0.1, -0.05) is 6.07 Å². The molecule has 1 aromatic rings. The van der Waals surface area contributed by atoms with Gasteiger partial charge in [-0.2, -0.15) is 0 Å². The van der Waals surface area contributed by atoms with Crippen LogP contribution in [0.1, 0.15) is 32.4 Å². The molecule has 19 heavy (non-hydrogen) atoms. The first kappa shape index (κ1) is 13.8. The number of hydrogen-bond acceptors (Lipinski definition) is 4. The number of aliphatic hydroxyl groups is 1. The summed E-state index contributed by atoms with van der Waals surface area (Å²) in [6.07, 6.45) is 1.14. The number of rotatable bonds is 2. The Morgan fingerprint density at radius 3 is 2.58 bits per heavy atom. The lowest BCUT2D eigenvalue weighted by Gasteiger charge is -2.45. The normalized spacial score (nSPS) is 20.6. The molecule has 2 heterocycles. The van der Waals surface area contributed by atoms with Crippen LogP contribution < -0.4 is 4.90 Å². The lowest BCUT2D eigenvalue weighted by molar-refractivity contribution is -0.136. The fourth-order valence-corrected chi connectivity index (χ4v) is 2.42. The molecule has 0 saturated carbocycles. The molecule has 0 aromatic carbocycles. The third-order valence-electron chi connectivity index (χ3n) is 3.73. The van der Waals surface area contributed by atoms with E-state index in [9.17, 15) is 9.90 Å². The highest BCUT2D eigenvalue weighted by Gasteiger charge is 2.41. The Morgan fingerprint density at radius 1 is 1.37 bits per heavy atom. The molecule has 0 radical (unpaired) electrons. The number of carbonyl (C=O) groups is 1. The zero-order valence-electron chi connectivity index (χ0n) is 11.9. The second kappa shape index (κ2) is 4.81. The number of nitrogens with zero attached hydrogens (tertiary/aromatic N) is 3. The van der Waals surface area contributed by atoms with Crippen molar-refractivity contribution in [2.24, 2.45) is 0 Å². The second-order valence-electron chi connectivity index (χ2n) is 5.56. The van der Waals surface area contributed by atoms with Gasteiger partial charge < -0.3 is 14.9 Å². The van der Waals surface area contributed by atoms with Crippen LogP contribution >= 0.6 is 0 Å². The van der Waals surface area contributed by atoms with Crippen LogP contribution in [-0.2, 0) is 4.79 Å².